The van der Waals surface area contributed by atoms with Crippen molar-refractivity contribution in [2.45, 2.75) is 50.8 Å². The Morgan fingerprint density at radius 2 is 1.69 bits per heavy atom. The molecule has 1 unspecified atom stereocenters. The van der Waals surface area contributed by atoms with Gasteiger partial charge in [-0.3, -0.25) is 14.2 Å². The maximum absolute atomic E-state index is 13.3. The fourth-order valence-electron chi connectivity index (χ4n) is 7.28. The Kier molecular flexibility index (Phi) is 11.7. The van der Waals surface area contributed by atoms with Crippen LogP contribution in [0, 0.1) is 10.1 Å². The molecule has 2 saturated heterocycles. The van der Waals surface area contributed by atoms with E-state index in [-0.39, 0.29) is 29.2 Å². The minimum atomic E-state index is -3.96. The number of nitrogens with one attached hydrogen (secondary N) is 1. The van der Waals surface area contributed by atoms with Crippen molar-refractivity contribution in [3.63, 3.8) is 0 Å². The second kappa shape index (κ2) is 16.8. The van der Waals surface area contributed by atoms with Crippen LogP contribution in [0.4, 0.5) is 23.3 Å². The van der Waals surface area contributed by atoms with Crippen molar-refractivity contribution in [3.05, 3.63) is 52.6 Å². The Balaban J connectivity index is 1.06. The van der Waals surface area contributed by atoms with Crippen molar-refractivity contribution in [2.24, 2.45) is 7.05 Å². The van der Waals surface area contributed by atoms with Crippen LogP contribution < -0.4 is 24.0 Å². The van der Waals surface area contributed by atoms with Crippen LogP contribution >= 0.6 is 0 Å². The van der Waals surface area contributed by atoms with Gasteiger partial charge in [-0.15, -0.1) is 4.68 Å². The van der Waals surface area contributed by atoms with Crippen molar-refractivity contribution in [2.75, 3.05) is 86.5 Å². The minimum absolute atomic E-state index is 0.145. The molecule has 1 aliphatic carbocycles. The Labute approximate surface area is 319 Å². The molecule has 55 heavy (non-hydrogen) atoms. The first-order valence-corrected chi connectivity index (χ1v) is 20.4. The fourth-order valence-corrected chi connectivity index (χ4v) is 8.45. The van der Waals surface area contributed by atoms with Crippen LogP contribution in [0.15, 0.2) is 36.9 Å². The zero-order chi connectivity index (χ0) is 38.5. The second-order valence-corrected chi connectivity index (χ2v) is 15.8. The molecule has 6 heterocycles. The molecule has 1 saturated carbocycles. The van der Waals surface area contributed by atoms with Crippen molar-refractivity contribution in [1.29, 1.82) is 0 Å². The molecular weight excluding hydrogens is 735 g/mol. The first kappa shape index (κ1) is 38.4. The molecule has 0 bridgehead atoms. The molecule has 0 aromatic carbocycles. The zero-order valence-corrected chi connectivity index (χ0v) is 32.1. The van der Waals surface area contributed by atoms with Crippen LogP contribution in [-0.2, 0) is 26.5 Å². The predicted octanol–water partition coefficient (Wildman–Crippen LogP) is 2.94. The summed E-state index contributed by atoms with van der Waals surface area (Å²) >= 11 is 0. The van der Waals surface area contributed by atoms with Crippen LogP contribution in [-0.4, -0.2) is 132 Å². The number of morpholine rings is 2. The van der Waals surface area contributed by atoms with Crippen molar-refractivity contribution in [1.82, 2.24) is 34.6 Å². The highest BCUT2D eigenvalue weighted by molar-refractivity contribution is 7.92. The maximum atomic E-state index is 13.3. The minimum Gasteiger partial charge on any atom is -0.489 e. The normalized spacial score (nSPS) is 20.2. The van der Waals surface area contributed by atoms with E-state index in [1.54, 1.807) is 25.4 Å². The summed E-state index contributed by atoms with van der Waals surface area (Å²) in [4.78, 5) is 34.3. The average Bonchev–Trinajstić information content (AvgIpc) is 3.58. The molecule has 3 aliphatic rings. The summed E-state index contributed by atoms with van der Waals surface area (Å²) in [5.74, 6) is 1.89. The summed E-state index contributed by atoms with van der Waals surface area (Å²) < 4.78 is 52.3. The van der Waals surface area contributed by atoms with Crippen LogP contribution in [0.5, 0.6) is 11.6 Å². The van der Waals surface area contributed by atoms with Crippen LogP contribution in [0.1, 0.15) is 44.2 Å². The number of ether oxygens (including phenoxy) is 4. The van der Waals surface area contributed by atoms with Crippen LogP contribution in [0.3, 0.4) is 0 Å². The van der Waals surface area contributed by atoms with Crippen molar-refractivity contribution >= 4 is 44.2 Å². The van der Waals surface area contributed by atoms with E-state index in [2.05, 4.69) is 35.2 Å². The smallest absolute Gasteiger partial charge is 0.349 e. The molecular formula is C35H47N11O8S. The van der Waals surface area contributed by atoms with Crippen LogP contribution in [0.2, 0.25) is 0 Å². The predicted molar refractivity (Wildman–Crippen MR) is 203 cm³/mol. The number of anilines is 3. The number of aromatic nitrogens is 6. The SMILES string of the molecule is CC(c1cnn(C)c1[N+](=O)[O-])N(c1cnc2cc(N3CCOCC3)nc(OC3CCC(Nc4ncc(OCCN5CCOCC5)cn4)CC3)c2c1)S(C)(=O)=O. The van der Waals surface area contributed by atoms with E-state index in [1.807, 2.05) is 6.07 Å². The fraction of sp³-hybridized carbons (Fsp3) is 0.571. The summed E-state index contributed by atoms with van der Waals surface area (Å²) in [7, 11) is -2.51. The molecule has 2 aliphatic heterocycles. The van der Waals surface area contributed by atoms with E-state index in [0.717, 1.165) is 73.8 Å². The molecule has 4 aromatic heterocycles. The molecule has 0 spiro atoms. The maximum Gasteiger partial charge on any atom is 0.349 e. The first-order valence-electron chi connectivity index (χ1n) is 18.5. The van der Waals surface area contributed by atoms with Gasteiger partial charge in [0.05, 0.1) is 85.7 Å². The van der Waals surface area contributed by atoms with Gasteiger partial charge in [0.1, 0.15) is 25.6 Å². The molecule has 0 amide bonds. The molecule has 19 nitrogen and oxygen atoms in total. The lowest BCUT2D eigenvalue weighted by atomic mass is 9.93. The van der Waals surface area contributed by atoms with E-state index in [0.29, 0.717) is 67.2 Å². The zero-order valence-electron chi connectivity index (χ0n) is 31.2. The third-order valence-electron chi connectivity index (χ3n) is 10.2. The highest BCUT2D eigenvalue weighted by atomic mass is 32.2. The standard InChI is InChI=1S/C35H47N11O8S/c1-24(30-23-39-42(2)34(30)46(47)48)45(55(3,49)50)26-18-29-31(36-20-26)19-32(44-11-15-52-16-12-44)41-33(29)54-27-6-4-25(5-7-27)40-35-37-21-28(22-38-35)53-17-10-43-8-13-51-14-9-43/h18-25,27H,4-17H2,1-3H3,(H,37,38,40). The van der Waals surface area contributed by atoms with Gasteiger partial charge in [0.2, 0.25) is 21.9 Å². The number of hydrogen-bond acceptors (Lipinski definition) is 16. The van der Waals surface area contributed by atoms with E-state index >= 15 is 0 Å². The largest absolute Gasteiger partial charge is 0.489 e. The summed E-state index contributed by atoms with van der Waals surface area (Å²) in [5, 5.41) is 19.9. The summed E-state index contributed by atoms with van der Waals surface area (Å²) in [5.41, 5.74) is 0.937. The number of fused-ring (bicyclic) bond motifs is 1. The van der Waals surface area contributed by atoms with Gasteiger partial charge in [0, 0.05) is 44.8 Å². The van der Waals surface area contributed by atoms with Gasteiger partial charge in [-0.25, -0.2) is 18.4 Å². The van der Waals surface area contributed by atoms with Gasteiger partial charge in [-0.1, -0.05) is 5.10 Å². The lowest BCUT2D eigenvalue weighted by molar-refractivity contribution is -0.393. The molecule has 1 atom stereocenters. The number of sulfonamides is 1. The van der Waals surface area contributed by atoms with Crippen molar-refractivity contribution in [3.8, 4) is 11.6 Å². The number of nitrogens with zero attached hydrogens (tertiary/aromatic N) is 10. The van der Waals surface area contributed by atoms with Gasteiger partial charge in [-0.05, 0) is 43.6 Å². The van der Waals surface area contributed by atoms with Gasteiger partial charge >= 0.3 is 5.82 Å². The van der Waals surface area contributed by atoms with Gasteiger partial charge < -0.3 is 39.3 Å². The molecule has 1 N–H and O–H groups in total. The second-order valence-electron chi connectivity index (χ2n) is 14.0. The Bertz CT molecular complexity index is 2050. The molecule has 296 valence electrons. The Morgan fingerprint density at radius 3 is 2.36 bits per heavy atom. The Morgan fingerprint density at radius 1 is 1.00 bits per heavy atom. The molecule has 0 radical (unpaired) electrons. The summed E-state index contributed by atoms with van der Waals surface area (Å²) in [6, 6.07) is 2.71. The number of hydrogen-bond donors (Lipinski definition) is 1. The Hall–Kier alpha value is -4.92. The van der Waals surface area contributed by atoms with Gasteiger partial charge in [0.25, 0.3) is 0 Å². The van der Waals surface area contributed by atoms with E-state index in [1.165, 1.54) is 19.4 Å². The van der Waals surface area contributed by atoms with E-state index in [9.17, 15) is 18.5 Å². The number of pyridine rings is 2. The van der Waals surface area contributed by atoms with Crippen molar-refractivity contribution < 1.29 is 32.3 Å². The third kappa shape index (κ3) is 9.14. The quantitative estimate of drug-likeness (QED) is 0.144. The molecule has 3 fully saturated rings. The van der Waals surface area contributed by atoms with Gasteiger partial charge in [0.15, 0.2) is 5.75 Å². The lowest BCUT2D eigenvalue weighted by Crippen LogP contribution is -2.38. The highest BCUT2D eigenvalue weighted by Gasteiger charge is 2.34. The first-order chi connectivity index (χ1) is 26.5. The van der Waals surface area contributed by atoms with E-state index < -0.39 is 21.0 Å². The molecule has 20 heteroatoms. The van der Waals surface area contributed by atoms with E-state index in [4.69, 9.17) is 23.9 Å². The molecule has 4 aromatic rings. The topological polar surface area (TPSA) is 205 Å². The number of aryl methyl sites for hydroxylation is 1. The lowest BCUT2D eigenvalue weighted by Gasteiger charge is -2.31. The monoisotopic (exact) mass is 781 g/mol. The summed E-state index contributed by atoms with van der Waals surface area (Å²) in [6.45, 7) is 8.73. The average molecular weight is 782 g/mol. The van der Waals surface area contributed by atoms with Gasteiger partial charge in [-0.2, -0.15) is 4.98 Å². The molecule has 7 rings (SSSR count). The number of rotatable bonds is 14. The summed E-state index contributed by atoms with van der Waals surface area (Å²) in [6.07, 6.45) is 10.1. The van der Waals surface area contributed by atoms with Crippen LogP contribution in [0.25, 0.3) is 10.9 Å². The third-order valence-corrected chi connectivity index (χ3v) is 11.4. The highest BCUT2D eigenvalue weighted by Crippen LogP contribution is 2.38. The number of nitro groups is 1.